The molecular formula is C17H18ClNO2S2. The fourth-order valence-electron chi connectivity index (χ4n) is 1.94. The summed E-state index contributed by atoms with van der Waals surface area (Å²) < 4.78 is 6.29. The van der Waals surface area contributed by atoms with Crippen LogP contribution in [-0.4, -0.2) is 27.8 Å². The summed E-state index contributed by atoms with van der Waals surface area (Å²) in [6, 6.07) is 5.49. The molecule has 2 rings (SSSR count). The van der Waals surface area contributed by atoms with E-state index in [1.165, 1.54) is 16.7 Å². The Morgan fingerprint density at radius 3 is 2.87 bits per heavy atom. The lowest BCUT2D eigenvalue weighted by atomic mass is 10.2. The zero-order chi connectivity index (χ0) is 17.0. The van der Waals surface area contributed by atoms with Crippen molar-refractivity contribution in [3.05, 3.63) is 46.3 Å². The van der Waals surface area contributed by atoms with E-state index >= 15 is 0 Å². The Morgan fingerprint density at radius 1 is 1.52 bits per heavy atom. The number of hydrogen-bond donors (Lipinski definition) is 0. The highest BCUT2D eigenvalue weighted by atomic mass is 35.5. The maximum atomic E-state index is 12.3. The molecule has 0 spiro atoms. The van der Waals surface area contributed by atoms with Crippen molar-refractivity contribution >= 4 is 51.9 Å². The van der Waals surface area contributed by atoms with Crippen LogP contribution in [0.5, 0.6) is 5.75 Å². The molecule has 1 aliphatic heterocycles. The molecule has 3 nitrogen and oxygen atoms in total. The van der Waals surface area contributed by atoms with Crippen LogP contribution < -0.4 is 4.74 Å². The number of hydrogen-bond acceptors (Lipinski definition) is 4. The summed E-state index contributed by atoms with van der Waals surface area (Å²) >= 11 is 12.8. The van der Waals surface area contributed by atoms with Crippen molar-refractivity contribution in [3.63, 3.8) is 0 Å². The first-order valence-electron chi connectivity index (χ1n) is 7.28. The van der Waals surface area contributed by atoms with E-state index in [0.717, 1.165) is 12.0 Å². The fraction of sp³-hybridized carbons (Fsp3) is 0.294. The van der Waals surface area contributed by atoms with Crippen LogP contribution in [-0.2, 0) is 4.79 Å². The molecule has 0 aliphatic carbocycles. The Labute approximate surface area is 151 Å². The van der Waals surface area contributed by atoms with Crippen LogP contribution in [0.1, 0.15) is 25.8 Å². The molecule has 0 bridgehead atoms. The minimum Gasteiger partial charge on any atom is -0.489 e. The second-order valence-corrected chi connectivity index (χ2v) is 7.19. The summed E-state index contributed by atoms with van der Waals surface area (Å²) in [6.07, 6.45) is 4.46. The molecule has 1 aromatic rings. The van der Waals surface area contributed by atoms with Gasteiger partial charge >= 0.3 is 0 Å². The van der Waals surface area contributed by atoms with Crippen LogP contribution in [0.2, 0.25) is 5.02 Å². The number of thiocarbonyl (C=S) groups is 1. The lowest BCUT2D eigenvalue weighted by molar-refractivity contribution is -0.121. The van der Waals surface area contributed by atoms with Gasteiger partial charge in [0.05, 0.1) is 16.0 Å². The Morgan fingerprint density at radius 2 is 2.26 bits per heavy atom. The third-order valence-corrected chi connectivity index (χ3v) is 5.02. The zero-order valence-electron chi connectivity index (χ0n) is 13.0. The van der Waals surface area contributed by atoms with Gasteiger partial charge in [0.15, 0.2) is 0 Å². The van der Waals surface area contributed by atoms with E-state index in [-0.39, 0.29) is 12.0 Å². The van der Waals surface area contributed by atoms with Crippen LogP contribution in [0.4, 0.5) is 0 Å². The normalized spacial score (nSPS) is 17.7. The molecular weight excluding hydrogens is 350 g/mol. The third-order valence-electron chi connectivity index (χ3n) is 3.34. The smallest absolute Gasteiger partial charge is 0.266 e. The Balaban J connectivity index is 2.20. The molecule has 0 unspecified atom stereocenters. The van der Waals surface area contributed by atoms with Gasteiger partial charge in [-0.25, -0.2) is 0 Å². The lowest BCUT2D eigenvalue weighted by Gasteiger charge is -2.14. The predicted octanol–water partition coefficient (Wildman–Crippen LogP) is 4.90. The van der Waals surface area contributed by atoms with Crippen molar-refractivity contribution in [1.82, 2.24) is 4.90 Å². The minimum absolute atomic E-state index is 0.101. The largest absolute Gasteiger partial charge is 0.489 e. The second-order valence-electron chi connectivity index (χ2n) is 5.11. The number of halogens is 1. The molecule has 1 atom stereocenters. The minimum atomic E-state index is -0.101. The first-order valence-corrected chi connectivity index (χ1v) is 8.89. The molecule has 0 saturated carbocycles. The van der Waals surface area contributed by atoms with Crippen molar-refractivity contribution in [3.8, 4) is 5.75 Å². The van der Waals surface area contributed by atoms with Gasteiger partial charge in [0.1, 0.15) is 10.1 Å². The number of benzene rings is 1. The van der Waals surface area contributed by atoms with E-state index < -0.39 is 0 Å². The van der Waals surface area contributed by atoms with Crippen molar-refractivity contribution in [2.75, 3.05) is 6.54 Å². The van der Waals surface area contributed by atoms with Gasteiger partial charge < -0.3 is 4.74 Å². The molecule has 6 heteroatoms. The van der Waals surface area contributed by atoms with E-state index in [1.54, 1.807) is 18.2 Å². The van der Waals surface area contributed by atoms with Crippen LogP contribution in [0.15, 0.2) is 35.8 Å². The highest BCUT2D eigenvalue weighted by molar-refractivity contribution is 8.26. The summed E-state index contributed by atoms with van der Waals surface area (Å²) in [4.78, 5) is 14.4. The summed E-state index contributed by atoms with van der Waals surface area (Å²) in [5.74, 6) is 0.549. The van der Waals surface area contributed by atoms with Crippen molar-refractivity contribution in [2.45, 2.75) is 26.4 Å². The standard InChI is InChI=1S/C17H18ClNO2S2/c1-4-8-19-16(20)15(23-17(19)22)10-12-6-7-14(13(18)9-12)21-11(3)5-2/h4,6-7,9-11H,1,5,8H2,2-3H3/b15-10-/t11-/m1/s1. The topological polar surface area (TPSA) is 29.5 Å². The Bertz CT molecular complexity index is 673. The van der Waals surface area contributed by atoms with Crippen LogP contribution >= 0.6 is 35.6 Å². The molecule has 1 saturated heterocycles. The quantitative estimate of drug-likeness (QED) is 0.406. The number of nitrogens with zero attached hydrogens (tertiary/aromatic N) is 1. The molecule has 0 radical (unpaired) electrons. The van der Waals surface area contributed by atoms with Crippen molar-refractivity contribution in [2.24, 2.45) is 0 Å². The molecule has 1 heterocycles. The summed E-state index contributed by atoms with van der Waals surface area (Å²) in [5, 5.41) is 0.528. The van der Waals surface area contributed by atoms with Gasteiger partial charge in [-0.15, -0.1) is 6.58 Å². The van der Waals surface area contributed by atoms with E-state index in [1.807, 2.05) is 19.1 Å². The van der Waals surface area contributed by atoms with Crippen molar-refractivity contribution in [1.29, 1.82) is 0 Å². The van der Waals surface area contributed by atoms with Gasteiger partial charge in [0.25, 0.3) is 5.91 Å². The summed E-state index contributed by atoms with van der Waals surface area (Å²) in [6.45, 7) is 8.11. The van der Waals surface area contributed by atoms with Gasteiger partial charge in [-0.1, -0.05) is 54.6 Å². The zero-order valence-corrected chi connectivity index (χ0v) is 15.4. The van der Waals surface area contributed by atoms with Gasteiger partial charge in [0, 0.05) is 6.54 Å². The lowest BCUT2D eigenvalue weighted by Crippen LogP contribution is -2.27. The maximum absolute atomic E-state index is 12.3. The van der Waals surface area contributed by atoms with Crippen LogP contribution in [0, 0.1) is 0 Å². The first-order chi connectivity index (χ1) is 11.0. The SMILES string of the molecule is C=CCN1C(=O)/C(=C/c2ccc(O[C@H](C)CC)c(Cl)c2)SC1=S. The average Bonchev–Trinajstić information content (AvgIpc) is 2.78. The first kappa shape index (κ1) is 18.0. The number of rotatable bonds is 6. The Hall–Kier alpha value is -1.30. The second kappa shape index (κ2) is 7.99. The van der Waals surface area contributed by atoms with Gasteiger partial charge in [-0.05, 0) is 37.1 Å². The highest BCUT2D eigenvalue weighted by Crippen LogP contribution is 2.34. The van der Waals surface area contributed by atoms with E-state index in [0.29, 0.717) is 26.5 Å². The van der Waals surface area contributed by atoms with E-state index in [9.17, 15) is 4.79 Å². The molecule has 1 fully saturated rings. The van der Waals surface area contributed by atoms with Gasteiger partial charge in [-0.2, -0.15) is 0 Å². The van der Waals surface area contributed by atoms with Gasteiger partial charge in [-0.3, -0.25) is 9.69 Å². The number of ether oxygens (including phenoxy) is 1. The molecule has 1 aromatic carbocycles. The molecule has 23 heavy (non-hydrogen) atoms. The molecule has 1 amide bonds. The van der Waals surface area contributed by atoms with E-state index in [4.69, 9.17) is 28.6 Å². The van der Waals surface area contributed by atoms with Crippen molar-refractivity contribution < 1.29 is 9.53 Å². The maximum Gasteiger partial charge on any atom is 0.266 e. The number of thioether (sulfide) groups is 1. The number of amides is 1. The fourth-order valence-corrected chi connectivity index (χ4v) is 3.45. The van der Waals surface area contributed by atoms with E-state index in [2.05, 4.69) is 13.5 Å². The summed E-state index contributed by atoms with van der Waals surface area (Å²) in [5.41, 5.74) is 0.839. The monoisotopic (exact) mass is 367 g/mol. The van der Waals surface area contributed by atoms with Gasteiger partial charge in [0.2, 0.25) is 0 Å². The molecule has 0 N–H and O–H groups in total. The number of carbonyl (C=O) groups excluding carboxylic acids is 1. The van der Waals surface area contributed by atoms with Crippen LogP contribution in [0.25, 0.3) is 6.08 Å². The molecule has 122 valence electrons. The molecule has 1 aliphatic rings. The predicted molar refractivity (Wildman–Crippen MR) is 102 cm³/mol. The van der Waals surface area contributed by atoms with Crippen LogP contribution in [0.3, 0.4) is 0 Å². The highest BCUT2D eigenvalue weighted by Gasteiger charge is 2.30. The third kappa shape index (κ3) is 4.37. The molecule has 0 aromatic heterocycles. The summed E-state index contributed by atoms with van der Waals surface area (Å²) in [7, 11) is 0. The Kier molecular flexibility index (Phi) is 6.27. The number of carbonyl (C=O) groups is 1. The average molecular weight is 368 g/mol.